The van der Waals surface area contributed by atoms with Crippen LogP contribution in [-0.2, 0) is 16.8 Å². The summed E-state index contributed by atoms with van der Waals surface area (Å²) in [6.45, 7) is 5.85. The number of aromatic hydroxyl groups is 1. The lowest BCUT2D eigenvalue weighted by Crippen LogP contribution is -2.32. The van der Waals surface area contributed by atoms with Crippen LogP contribution in [0.25, 0.3) is 0 Å². The summed E-state index contributed by atoms with van der Waals surface area (Å²) in [7, 11) is 0. The first kappa shape index (κ1) is 20.2. The van der Waals surface area contributed by atoms with E-state index in [1.165, 1.54) is 12.1 Å². The molecule has 0 saturated carbocycles. The molecule has 0 fully saturated rings. The topological polar surface area (TPSA) is 59.7 Å². The summed E-state index contributed by atoms with van der Waals surface area (Å²) < 4.78 is 24.8. The van der Waals surface area contributed by atoms with E-state index in [2.05, 4.69) is 0 Å². The average Bonchev–Trinajstić information content (AvgIpc) is 3.02. The van der Waals surface area contributed by atoms with Crippen molar-refractivity contribution in [2.24, 2.45) is 0 Å². The van der Waals surface area contributed by atoms with E-state index in [1.54, 1.807) is 18.2 Å². The maximum absolute atomic E-state index is 13.1. The number of benzene rings is 1. The summed E-state index contributed by atoms with van der Waals surface area (Å²) in [5.41, 5.74) is -0.270. The molecule has 2 unspecified atom stereocenters. The largest absolute Gasteiger partial charge is 0.507 e. The van der Waals surface area contributed by atoms with Gasteiger partial charge in [-0.2, -0.15) is 0 Å². The van der Waals surface area contributed by atoms with Gasteiger partial charge in [-0.25, -0.2) is 9.18 Å². The van der Waals surface area contributed by atoms with Gasteiger partial charge in [0.05, 0.1) is 5.76 Å². The Bertz CT molecular complexity index is 913. The molecule has 2 atom stereocenters. The predicted molar refractivity (Wildman–Crippen MR) is 106 cm³/mol. The van der Waals surface area contributed by atoms with E-state index in [-0.39, 0.29) is 23.0 Å². The van der Waals surface area contributed by atoms with Crippen LogP contribution in [0.2, 0.25) is 0 Å². The van der Waals surface area contributed by atoms with Gasteiger partial charge in [-0.1, -0.05) is 32.4 Å². The summed E-state index contributed by atoms with van der Waals surface area (Å²) >= 11 is 0. The van der Waals surface area contributed by atoms with Gasteiger partial charge in [-0.15, -0.1) is 0 Å². The summed E-state index contributed by atoms with van der Waals surface area (Å²) in [5.74, 6) is 0.725. The minimum atomic E-state index is -0.860. The van der Waals surface area contributed by atoms with Gasteiger partial charge in [0.25, 0.3) is 0 Å². The molecule has 1 aromatic heterocycles. The number of rotatable bonds is 7. The van der Waals surface area contributed by atoms with Crippen LogP contribution < -0.4 is 5.63 Å². The van der Waals surface area contributed by atoms with E-state index in [4.69, 9.17) is 9.15 Å². The van der Waals surface area contributed by atoms with Crippen molar-refractivity contribution in [3.63, 3.8) is 0 Å². The number of allylic oxidation sites excluding steroid dienone is 1. The minimum absolute atomic E-state index is 0.0830. The Morgan fingerprint density at radius 2 is 1.96 bits per heavy atom. The predicted octanol–water partition coefficient (Wildman–Crippen LogP) is 5.54. The number of hydrogen-bond donors (Lipinski definition) is 1. The van der Waals surface area contributed by atoms with Gasteiger partial charge in [-0.05, 0) is 50.0 Å². The molecule has 0 radical (unpaired) electrons. The van der Waals surface area contributed by atoms with Crippen LogP contribution in [0.1, 0.15) is 69.3 Å². The Morgan fingerprint density at radius 3 is 2.50 bits per heavy atom. The fourth-order valence-electron chi connectivity index (χ4n) is 4.01. The molecule has 2 heterocycles. The highest BCUT2D eigenvalue weighted by Gasteiger charge is 2.42. The first-order valence-electron chi connectivity index (χ1n) is 9.86. The van der Waals surface area contributed by atoms with Crippen LogP contribution in [0.5, 0.6) is 5.75 Å². The van der Waals surface area contributed by atoms with Crippen molar-refractivity contribution in [3.8, 4) is 5.75 Å². The summed E-state index contributed by atoms with van der Waals surface area (Å²) in [4.78, 5) is 12.9. The molecule has 0 saturated heterocycles. The summed E-state index contributed by atoms with van der Waals surface area (Å²) in [6.07, 6.45) is 5.21. The van der Waals surface area contributed by atoms with Crippen LogP contribution in [0.3, 0.4) is 0 Å². The molecule has 1 aliphatic rings. The average molecular weight is 386 g/mol. The second-order valence-corrected chi connectivity index (χ2v) is 7.50. The SMILES string of the molecule is CCCC1(c2c(O)cc(C(CC)Cc3ccc(F)cc3)oc2=O)CC=C(C)O1. The molecule has 4 nitrogen and oxygen atoms in total. The lowest BCUT2D eigenvalue weighted by atomic mass is 9.86. The molecule has 2 aromatic rings. The maximum atomic E-state index is 13.1. The van der Waals surface area contributed by atoms with Gasteiger partial charge in [-0.3, -0.25) is 0 Å². The Kier molecular flexibility index (Phi) is 5.92. The lowest BCUT2D eigenvalue weighted by molar-refractivity contribution is 0.00887. The van der Waals surface area contributed by atoms with Crippen molar-refractivity contribution in [3.05, 3.63) is 75.3 Å². The lowest BCUT2D eigenvalue weighted by Gasteiger charge is -2.29. The molecule has 1 N–H and O–H groups in total. The van der Waals surface area contributed by atoms with Crippen molar-refractivity contribution in [2.75, 3.05) is 0 Å². The zero-order chi connectivity index (χ0) is 20.3. The molecule has 0 bridgehead atoms. The van der Waals surface area contributed by atoms with E-state index >= 15 is 0 Å². The molecular formula is C23H27FO4. The Morgan fingerprint density at radius 1 is 1.25 bits per heavy atom. The molecule has 3 rings (SSSR count). The molecule has 28 heavy (non-hydrogen) atoms. The third-order valence-corrected chi connectivity index (χ3v) is 5.43. The second-order valence-electron chi connectivity index (χ2n) is 7.50. The van der Waals surface area contributed by atoms with Crippen LogP contribution >= 0.6 is 0 Å². The number of ether oxygens (including phenoxy) is 1. The minimum Gasteiger partial charge on any atom is -0.507 e. The third kappa shape index (κ3) is 3.98. The van der Waals surface area contributed by atoms with Gasteiger partial charge in [0.2, 0.25) is 0 Å². The van der Waals surface area contributed by atoms with Crippen LogP contribution in [0.15, 0.2) is 51.4 Å². The zero-order valence-corrected chi connectivity index (χ0v) is 16.6. The van der Waals surface area contributed by atoms with Gasteiger partial charge >= 0.3 is 5.63 Å². The van der Waals surface area contributed by atoms with Crippen molar-refractivity contribution < 1.29 is 18.7 Å². The highest BCUT2D eigenvalue weighted by atomic mass is 19.1. The zero-order valence-electron chi connectivity index (χ0n) is 16.6. The Balaban J connectivity index is 1.94. The molecule has 150 valence electrons. The second kappa shape index (κ2) is 8.21. The molecular weight excluding hydrogens is 359 g/mol. The van der Waals surface area contributed by atoms with Gasteiger partial charge < -0.3 is 14.3 Å². The first-order chi connectivity index (χ1) is 13.4. The van der Waals surface area contributed by atoms with Crippen molar-refractivity contribution in [2.45, 2.75) is 64.4 Å². The smallest absolute Gasteiger partial charge is 0.347 e. The summed E-state index contributed by atoms with van der Waals surface area (Å²) in [5, 5.41) is 10.7. The van der Waals surface area contributed by atoms with Crippen molar-refractivity contribution >= 4 is 0 Å². The molecule has 0 spiro atoms. The van der Waals surface area contributed by atoms with E-state index in [0.29, 0.717) is 25.0 Å². The van der Waals surface area contributed by atoms with Crippen LogP contribution in [0.4, 0.5) is 4.39 Å². The van der Waals surface area contributed by atoms with Crippen LogP contribution in [-0.4, -0.2) is 5.11 Å². The first-order valence-corrected chi connectivity index (χ1v) is 9.86. The quantitative estimate of drug-likeness (QED) is 0.679. The maximum Gasteiger partial charge on any atom is 0.347 e. The molecule has 1 aliphatic heterocycles. The summed E-state index contributed by atoms with van der Waals surface area (Å²) in [6, 6.07) is 7.83. The molecule has 0 amide bonds. The van der Waals surface area contributed by atoms with E-state index in [1.807, 2.05) is 26.8 Å². The molecule has 1 aromatic carbocycles. The van der Waals surface area contributed by atoms with Gasteiger partial charge in [0.15, 0.2) is 0 Å². The fraction of sp³-hybridized carbons (Fsp3) is 0.435. The van der Waals surface area contributed by atoms with Crippen molar-refractivity contribution in [1.82, 2.24) is 0 Å². The fourth-order valence-corrected chi connectivity index (χ4v) is 4.01. The van der Waals surface area contributed by atoms with E-state index < -0.39 is 11.2 Å². The number of halogens is 1. The molecule has 0 aliphatic carbocycles. The van der Waals surface area contributed by atoms with E-state index in [9.17, 15) is 14.3 Å². The van der Waals surface area contributed by atoms with Gasteiger partial charge in [0.1, 0.15) is 28.5 Å². The highest BCUT2D eigenvalue weighted by Crippen LogP contribution is 2.44. The highest BCUT2D eigenvalue weighted by molar-refractivity contribution is 5.38. The monoisotopic (exact) mass is 386 g/mol. The number of hydrogen-bond acceptors (Lipinski definition) is 4. The molecule has 5 heteroatoms. The third-order valence-electron chi connectivity index (χ3n) is 5.43. The Labute approximate surface area is 164 Å². The van der Waals surface area contributed by atoms with E-state index in [0.717, 1.165) is 24.2 Å². The van der Waals surface area contributed by atoms with Gasteiger partial charge in [0, 0.05) is 18.4 Å². The Hall–Kier alpha value is -2.56. The van der Waals surface area contributed by atoms with Crippen LogP contribution in [0, 0.1) is 5.82 Å². The normalized spacial score (nSPS) is 19.9. The standard InChI is InChI=1S/C23H27FO4/c1-4-11-23(12-10-15(3)28-23)21-19(25)14-20(27-22(21)26)17(5-2)13-16-6-8-18(24)9-7-16/h6-10,14,17,25H,4-5,11-13H2,1-3H3. The van der Waals surface area contributed by atoms with Crippen molar-refractivity contribution in [1.29, 1.82) is 0 Å².